The molecule has 1 fully saturated rings. The normalized spacial score (nSPS) is 24.7. The highest BCUT2D eigenvalue weighted by atomic mass is 16.7. The molecule has 5 atom stereocenters. The maximum absolute atomic E-state index is 10.8. The van der Waals surface area contributed by atoms with Gasteiger partial charge in [0.2, 0.25) is 0 Å². The van der Waals surface area contributed by atoms with Crippen molar-refractivity contribution in [1.29, 1.82) is 0 Å². The van der Waals surface area contributed by atoms with E-state index in [4.69, 9.17) is 18.9 Å². The van der Waals surface area contributed by atoms with Gasteiger partial charge in [0.25, 0.3) is 0 Å². The van der Waals surface area contributed by atoms with E-state index in [0.717, 1.165) is 11.1 Å². The van der Waals surface area contributed by atoms with Crippen LogP contribution in [-0.4, -0.2) is 54.6 Å². The summed E-state index contributed by atoms with van der Waals surface area (Å²) in [5.74, 6) is 1.61. The highest BCUT2D eigenvalue weighted by molar-refractivity contribution is 5.63. The highest BCUT2D eigenvalue weighted by Crippen LogP contribution is 2.28. The van der Waals surface area contributed by atoms with Gasteiger partial charge in [0, 0.05) is 7.11 Å². The number of benzene rings is 3. The largest absolute Gasteiger partial charge is 0.491 e. The minimum atomic E-state index is -1.21. The second-order valence-corrected chi connectivity index (χ2v) is 8.77. The van der Waals surface area contributed by atoms with Crippen LogP contribution >= 0.6 is 0 Å². The van der Waals surface area contributed by atoms with Crippen LogP contribution in [0, 0.1) is 0 Å². The predicted molar refractivity (Wildman–Crippen MR) is 130 cm³/mol. The lowest BCUT2D eigenvalue weighted by Crippen LogP contribution is -2.61. The summed E-state index contributed by atoms with van der Waals surface area (Å²) in [6, 6.07) is 25.4. The lowest BCUT2D eigenvalue weighted by atomic mass is 9.99. The molecule has 0 bridgehead atoms. The third kappa shape index (κ3) is 5.59. The van der Waals surface area contributed by atoms with Crippen molar-refractivity contribution in [1.82, 2.24) is 0 Å². The number of hydrogen-bond donors (Lipinski definition) is 2. The molecule has 2 N–H and O–H groups in total. The van der Waals surface area contributed by atoms with Gasteiger partial charge >= 0.3 is 0 Å². The Morgan fingerprint density at radius 3 is 2.03 bits per heavy atom. The SMILES string of the molecule is CO[C@H]1O[C@H](COc2ccc(-c3ccccc3)cc2)[C@@H](O)[C@H](O)[C@H]1Oc1ccc(C(C)C)cc1. The van der Waals surface area contributed by atoms with Crippen LogP contribution in [0.3, 0.4) is 0 Å². The fourth-order valence-electron chi connectivity index (χ4n) is 4.00. The number of aliphatic hydroxyl groups is 2. The number of ether oxygens (including phenoxy) is 4. The maximum atomic E-state index is 10.8. The van der Waals surface area contributed by atoms with E-state index in [1.807, 2.05) is 78.9 Å². The summed E-state index contributed by atoms with van der Waals surface area (Å²) in [4.78, 5) is 0. The van der Waals surface area contributed by atoms with Gasteiger partial charge in [0.05, 0.1) is 0 Å². The average Bonchev–Trinajstić information content (AvgIpc) is 2.87. The van der Waals surface area contributed by atoms with E-state index >= 15 is 0 Å². The molecule has 1 saturated heterocycles. The Labute approximate surface area is 200 Å². The Hall–Kier alpha value is -2.90. The van der Waals surface area contributed by atoms with Gasteiger partial charge in [-0.05, 0) is 46.9 Å². The molecule has 0 amide bonds. The standard InChI is InChI=1S/C28H32O6/c1-18(2)19-9-15-23(16-10-19)33-27-26(30)25(29)24(34-28(27)31-3)17-32-22-13-11-21(12-14-22)20-7-5-4-6-8-20/h4-16,18,24-30H,17H2,1-3H3/t24-,25-,26+,27-,28+/m1/s1. The first-order valence-electron chi connectivity index (χ1n) is 11.6. The van der Waals surface area contributed by atoms with Crippen LogP contribution in [0.2, 0.25) is 0 Å². The molecule has 0 saturated carbocycles. The molecular weight excluding hydrogens is 432 g/mol. The van der Waals surface area contributed by atoms with Gasteiger partial charge in [-0.2, -0.15) is 0 Å². The van der Waals surface area contributed by atoms with Gasteiger partial charge in [0.15, 0.2) is 12.4 Å². The van der Waals surface area contributed by atoms with Crippen LogP contribution in [0.5, 0.6) is 11.5 Å². The first-order chi connectivity index (χ1) is 16.5. The Bertz CT molecular complexity index is 1020. The molecule has 0 unspecified atom stereocenters. The summed E-state index contributed by atoms with van der Waals surface area (Å²) in [7, 11) is 1.48. The van der Waals surface area contributed by atoms with Crippen LogP contribution in [0.25, 0.3) is 11.1 Å². The predicted octanol–water partition coefficient (Wildman–Crippen LogP) is 4.40. The molecule has 1 heterocycles. The van der Waals surface area contributed by atoms with Crippen molar-refractivity contribution in [3.63, 3.8) is 0 Å². The van der Waals surface area contributed by atoms with Crippen molar-refractivity contribution in [2.24, 2.45) is 0 Å². The summed E-state index contributed by atoms with van der Waals surface area (Å²) in [6.07, 6.45) is -4.94. The zero-order valence-electron chi connectivity index (χ0n) is 19.7. The Morgan fingerprint density at radius 1 is 0.794 bits per heavy atom. The third-order valence-electron chi connectivity index (χ3n) is 6.07. The summed E-state index contributed by atoms with van der Waals surface area (Å²) >= 11 is 0. The smallest absolute Gasteiger partial charge is 0.197 e. The minimum Gasteiger partial charge on any atom is -0.491 e. The van der Waals surface area contributed by atoms with E-state index in [1.165, 1.54) is 12.7 Å². The second-order valence-electron chi connectivity index (χ2n) is 8.77. The van der Waals surface area contributed by atoms with Crippen molar-refractivity contribution in [2.45, 2.75) is 50.5 Å². The molecule has 0 aromatic heterocycles. The first-order valence-corrected chi connectivity index (χ1v) is 11.6. The summed E-state index contributed by atoms with van der Waals surface area (Å²) in [5, 5.41) is 21.5. The molecule has 4 rings (SSSR count). The average molecular weight is 465 g/mol. The van der Waals surface area contributed by atoms with Gasteiger partial charge < -0.3 is 29.2 Å². The third-order valence-corrected chi connectivity index (χ3v) is 6.07. The topological polar surface area (TPSA) is 77.4 Å². The van der Waals surface area contributed by atoms with E-state index < -0.39 is 30.7 Å². The van der Waals surface area contributed by atoms with E-state index in [0.29, 0.717) is 17.4 Å². The Morgan fingerprint density at radius 2 is 1.41 bits per heavy atom. The fraction of sp³-hybridized carbons (Fsp3) is 0.357. The van der Waals surface area contributed by atoms with Crippen molar-refractivity contribution < 1.29 is 29.2 Å². The molecule has 1 aliphatic rings. The van der Waals surface area contributed by atoms with Gasteiger partial charge in [-0.3, -0.25) is 0 Å². The molecule has 34 heavy (non-hydrogen) atoms. The van der Waals surface area contributed by atoms with Gasteiger partial charge in [-0.15, -0.1) is 0 Å². The molecule has 6 heteroatoms. The molecule has 180 valence electrons. The van der Waals surface area contributed by atoms with Crippen molar-refractivity contribution >= 4 is 0 Å². The molecule has 3 aromatic rings. The van der Waals surface area contributed by atoms with Crippen molar-refractivity contribution in [3.05, 3.63) is 84.4 Å². The van der Waals surface area contributed by atoms with Crippen LogP contribution < -0.4 is 9.47 Å². The van der Waals surface area contributed by atoms with Gasteiger partial charge in [-0.1, -0.05) is 68.4 Å². The number of hydrogen-bond acceptors (Lipinski definition) is 6. The van der Waals surface area contributed by atoms with E-state index in [9.17, 15) is 10.2 Å². The summed E-state index contributed by atoms with van der Waals surface area (Å²) in [5.41, 5.74) is 3.39. The monoisotopic (exact) mass is 464 g/mol. The van der Waals surface area contributed by atoms with Crippen LogP contribution in [0.4, 0.5) is 0 Å². The second kappa shape index (κ2) is 11.0. The van der Waals surface area contributed by atoms with E-state index in [1.54, 1.807) is 0 Å². The summed E-state index contributed by atoms with van der Waals surface area (Å²) < 4.78 is 23.1. The molecule has 3 aromatic carbocycles. The van der Waals surface area contributed by atoms with Crippen molar-refractivity contribution in [2.75, 3.05) is 13.7 Å². The number of aliphatic hydroxyl groups excluding tert-OH is 2. The van der Waals surface area contributed by atoms with Gasteiger partial charge in [0.1, 0.15) is 36.4 Å². The Balaban J connectivity index is 1.37. The molecule has 0 radical (unpaired) electrons. The first kappa shape index (κ1) is 24.2. The molecule has 6 nitrogen and oxygen atoms in total. The fourth-order valence-corrected chi connectivity index (χ4v) is 4.00. The molecule has 0 spiro atoms. The van der Waals surface area contributed by atoms with Crippen molar-refractivity contribution in [3.8, 4) is 22.6 Å². The molecule has 1 aliphatic heterocycles. The zero-order valence-corrected chi connectivity index (χ0v) is 19.7. The Kier molecular flexibility index (Phi) is 7.85. The van der Waals surface area contributed by atoms with Crippen LogP contribution in [-0.2, 0) is 9.47 Å². The minimum absolute atomic E-state index is 0.0541. The van der Waals surface area contributed by atoms with E-state index in [-0.39, 0.29) is 6.61 Å². The quantitative estimate of drug-likeness (QED) is 0.515. The zero-order chi connectivity index (χ0) is 24.1. The van der Waals surface area contributed by atoms with Crippen LogP contribution in [0.1, 0.15) is 25.3 Å². The molecule has 0 aliphatic carbocycles. The molecular formula is C28H32O6. The van der Waals surface area contributed by atoms with Crippen LogP contribution in [0.15, 0.2) is 78.9 Å². The number of rotatable bonds is 8. The lowest BCUT2D eigenvalue weighted by molar-refractivity contribution is -0.287. The van der Waals surface area contributed by atoms with E-state index in [2.05, 4.69) is 13.8 Å². The van der Waals surface area contributed by atoms with Gasteiger partial charge in [-0.25, -0.2) is 0 Å². The highest BCUT2D eigenvalue weighted by Gasteiger charge is 2.46. The summed E-state index contributed by atoms with van der Waals surface area (Å²) in [6.45, 7) is 4.29. The lowest BCUT2D eigenvalue weighted by Gasteiger charge is -2.41. The maximum Gasteiger partial charge on any atom is 0.197 e. The number of methoxy groups -OCH3 is 1.